The number of carbonyl (C=O) groups excluding carboxylic acids is 2. The van der Waals surface area contributed by atoms with Crippen LogP contribution in [0, 0.1) is 6.92 Å². The minimum Gasteiger partial charge on any atom is -0.311 e. The number of hydrogen-bond donors (Lipinski definition) is 0. The van der Waals surface area contributed by atoms with E-state index in [2.05, 4.69) is 18.2 Å². The molecule has 3 aromatic carbocycles. The highest BCUT2D eigenvalue weighted by atomic mass is 32.1. The number of fused-ring (bicyclic) bond motifs is 2. The van der Waals surface area contributed by atoms with Gasteiger partial charge in [-0.15, -0.1) is 11.3 Å². The summed E-state index contributed by atoms with van der Waals surface area (Å²) in [5.74, 6) is -0.0894. The minimum absolute atomic E-state index is 0.0420. The number of rotatable bonds is 3. The van der Waals surface area contributed by atoms with Gasteiger partial charge >= 0.3 is 0 Å². The second-order valence-corrected chi connectivity index (χ2v) is 9.23. The molecule has 0 spiro atoms. The van der Waals surface area contributed by atoms with E-state index in [1.807, 2.05) is 77.9 Å². The van der Waals surface area contributed by atoms with Crippen LogP contribution in [0.2, 0.25) is 0 Å². The maximum Gasteiger partial charge on any atom is 0.268 e. The van der Waals surface area contributed by atoms with Crippen molar-refractivity contribution in [2.45, 2.75) is 19.9 Å². The van der Waals surface area contributed by atoms with Gasteiger partial charge in [0.25, 0.3) is 11.8 Å². The van der Waals surface area contributed by atoms with Gasteiger partial charge in [0.05, 0.1) is 11.4 Å². The van der Waals surface area contributed by atoms with Crippen LogP contribution in [0.15, 0.2) is 84.2 Å². The van der Waals surface area contributed by atoms with E-state index in [1.165, 1.54) is 16.9 Å². The molecule has 0 N–H and O–H groups in total. The van der Waals surface area contributed by atoms with Gasteiger partial charge in [-0.2, -0.15) is 0 Å². The molecule has 0 bridgehead atoms. The van der Waals surface area contributed by atoms with Crippen LogP contribution in [0.1, 0.15) is 42.3 Å². The summed E-state index contributed by atoms with van der Waals surface area (Å²) in [7, 11) is 1.76. The van der Waals surface area contributed by atoms with E-state index in [9.17, 15) is 9.59 Å². The van der Waals surface area contributed by atoms with Gasteiger partial charge in [-0.05, 0) is 77.4 Å². The average Bonchev–Trinajstić information content (AvgIpc) is 3.20. The fourth-order valence-electron chi connectivity index (χ4n) is 4.29. The quantitative estimate of drug-likeness (QED) is 0.378. The molecule has 1 aromatic heterocycles. The number of benzene rings is 3. The molecule has 33 heavy (non-hydrogen) atoms. The van der Waals surface area contributed by atoms with Crippen LogP contribution in [0.3, 0.4) is 0 Å². The molecule has 0 radical (unpaired) electrons. The summed E-state index contributed by atoms with van der Waals surface area (Å²) in [5.41, 5.74) is 6.83. The maximum absolute atomic E-state index is 13.6. The van der Waals surface area contributed by atoms with E-state index in [1.54, 1.807) is 11.9 Å². The molecular weight excluding hydrogens is 428 g/mol. The standard InChI is InChI=1S/C28H24N2O2S/c1-19-15-16-33-26(19)28(32)29(2)24-13-11-20(12-14-24)27(31)30-18-23-9-4-3-7-21(23)17-22-8-5-6-10-25(22)30/h3-16H,17-18H2,1-2H3. The van der Waals surface area contributed by atoms with E-state index in [4.69, 9.17) is 0 Å². The molecule has 0 fully saturated rings. The Balaban J connectivity index is 1.44. The molecule has 0 saturated heterocycles. The maximum atomic E-state index is 13.6. The molecule has 1 aliphatic heterocycles. The number of thiophene rings is 1. The van der Waals surface area contributed by atoms with Crippen molar-refractivity contribution < 1.29 is 9.59 Å². The lowest BCUT2D eigenvalue weighted by molar-refractivity contribution is 0.0982. The van der Waals surface area contributed by atoms with E-state index < -0.39 is 0 Å². The summed E-state index contributed by atoms with van der Waals surface area (Å²) in [6.45, 7) is 2.47. The number of carbonyl (C=O) groups is 2. The Kier molecular flexibility index (Phi) is 5.56. The van der Waals surface area contributed by atoms with Crippen molar-refractivity contribution in [2.75, 3.05) is 16.8 Å². The Morgan fingerprint density at radius 2 is 1.52 bits per heavy atom. The molecule has 0 atom stereocenters. The number of hydrogen-bond acceptors (Lipinski definition) is 3. The van der Waals surface area contributed by atoms with Crippen LogP contribution in [-0.2, 0) is 13.0 Å². The van der Waals surface area contributed by atoms with Crippen molar-refractivity contribution in [3.05, 3.63) is 117 Å². The first-order chi connectivity index (χ1) is 16.0. The highest BCUT2D eigenvalue weighted by Gasteiger charge is 2.25. The lowest BCUT2D eigenvalue weighted by atomic mass is 10.0. The number of anilines is 2. The SMILES string of the molecule is Cc1ccsc1C(=O)N(C)c1ccc(C(=O)N2Cc3ccccc3Cc3ccccc32)cc1. The molecule has 5 rings (SSSR count). The highest BCUT2D eigenvalue weighted by Crippen LogP contribution is 2.32. The second-order valence-electron chi connectivity index (χ2n) is 8.31. The molecule has 0 unspecified atom stereocenters. The predicted molar refractivity (Wildman–Crippen MR) is 134 cm³/mol. The summed E-state index contributed by atoms with van der Waals surface area (Å²) in [5, 5.41) is 1.93. The zero-order chi connectivity index (χ0) is 22.9. The van der Waals surface area contributed by atoms with Gasteiger partial charge in [-0.25, -0.2) is 0 Å². The number of nitrogens with zero attached hydrogens (tertiary/aromatic N) is 2. The molecule has 5 heteroatoms. The number of aryl methyl sites for hydroxylation is 1. The third kappa shape index (κ3) is 3.96. The fourth-order valence-corrected chi connectivity index (χ4v) is 5.19. The monoisotopic (exact) mass is 452 g/mol. The first-order valence-electron chi connectivity index (χ1n) is 10.9. The summed E-state index contributed by atoms with van der Waals surface area (Å²) in [6, 6.07) is 25.7. The van der Waals surface area contributed by atoms with Crippen LogP contribution in [0.5, 0.6) is 0 Å². The van der Waals surface area contributed by atoms with Crippen LogP contribution < -0.4 is 9.80 Å². The van der Waals surface area contributed by atoms with Crippen LogP contribution in [0.4, 0.5) is 11.4 Å². The van der Waals surface area contributed by atoms with Crippen LogP contribution >= 0.6 is 11.3 Å². The number of para-hydroxylation sites is 1. The largest absolute Gasteiger partial charge is 0.311 e. The van der Waals surface area contributed by atoms with Crippen molar-refractivity contribution in [1.82, 2.24) is 0 Å². The molecule has 1 aliphatic rings. The Bertz CT molecular complexity index is 1340. The van der Waals surface area contributed by atoms with Gasteiger partial charge in [0.2, 0.25) is 0 Å². The lowest BCUT2D eigenvalue weighted by Gasteiger charge is -2.24. The van der Waals surface area contributed by atoms with Crippen LogP contribution in [0.25, 0.3) is 0 Å². The van der Waals surface area contributed by atoms with Gasteiger partial charge in [0, 0.05) is 24.0 Å². The highest BCUT2D eigenvalue weighted by molar-refractivity contribution is 7.12. The van der Waals surface area contributed by atoms with E-state index in [0.717, 1.165) is 39.4 Å². The van der Waals surface area contributed by atoms with Crippen molar-refractivity contribution >= 4 is 34.5 Å². The van der Waals surface area contributed by atoms with Gasteiger partial charge in [-0.1, -0.05) is 42.5 Å². The number of amides is 2. The van der Waals surface area contributed by atoms with Crippen molar-refractivity contribution in [3.63, 3.8) is 0 Å². The Labute approximate surface area is 197 Å². The molecule has 164 valence electrons. The summed E-state index contributed by atoms with van der Waals surface area (Å²) >= 11 is 1.45. The molecule has 0 aliphatic carbocycles. The average molecular weight is 453 g/mol. The van der Waals surface area contributed by atoms with E-state index in [0.29, 0.717) is 12.1 Å². The Hall–Kier alpha value is -3.70. The van der Waals surface area contributed by atoms with Crippen LogP contribution in [-0.4, -0.2) is 18.9 Å². The predicted octanol–water partition coefficient (Wildman–Crippen LogP) is 6.08. The summed E-state index contributed by atoms with van der Waals surface area (Å²) in [4.78, 5) is 30.7. The Morgan fingerprint density at radius 1 is 0.848 bits per heavy atom. The third-order valence-corrected chi connectivity index (χ3v) is 7.22. The topological polar surface area (TPSA) is 40.6 Å². The smallest absolute Gasteiger partial charge is 0.268 e. The van der Waals surface area contributed by atoms with Gasteiger partial charge in [0.15, 0.2) is 0 Å². The first-order valence-corrected chi connectivity index (χ1v) is 11.8. The second kappa shape index (κ2) is 8.68. The first kappa shape index (κ1) is 21.2. The summed E-state index contributed by atoms with van der Waals surface area (Å²) < 4.78 is 0. The molecule has 0 saturated carbocycles. The zero-order valence-corrected chi connectivity index (χ0v) is 19.4. The minimum atomic E-state index is -0.0474. The zero-order valence-electron chi connectivity index (χ0n) is 18.6. The van der Waals surface area contributed by atoms with Gasteiger partial charge < -0.3 is 9.80 Å². The van der Waals surface area contributed by atoms with Crippen molar-refractivity contribution in [2.24, 2.45) is 0 Å². The molecule has 2 amide bonds. The van der Waals surface area contributed by atoms with Gasteiger partial charge in [-0.3, -0.25) is 9.59 Å². The lowest BCUT2D eigenvalue weighted by Crippen LogP contribution is -2.30. The molecular formula is C28H24N2O2S. The third-order valence-electron chi connectivity index (χ3n) is 6.22. The van der Waals surface area contributed by atoms with E-state index >= 15 is 0 Å². The van der Waals surface area contributed by atoms with E-state index in [-0.39, 0.29) is 11.8 Å². The summed E-state index contributed by atoms with van der Waals surface area (Å²) in [6.07, 6.45) is 0.810. The van der Waals surface area contributed by atoms with Crippen molar-refractivity contribution in [3.8, 4) is 0 Å². The molecule has 2 heterocycles. The Morgan fingerprint density at radius 3 is 2.21 bits per heavy atom. The molecule has 4 nitrogen and oxygen atoms in total. The molecule has 4 aromatic rings. The van der Waals surface area contributed by atoms with Crippen molar-refractivity contribution in [1.29, 1.82) is 0 Å². The normalized spacial score (nSPS) is 12.5. The van der Waals surface area contributed by atoms with Gasteiger partial charge in [0.1, 0.15) is 0 Å². The fraction of sp³-hybridized carbons (Fsp3) is 0.143.